The number of rotatable bonds is 9. The average molecular weight is 551 g/mol. The normalized spacial score (nSPS) is 11.2. The number of nitrogens with zero attached hydrogens (tertiary/aromatic N) is 2. The lowest BCUT2D eigenvalue weighted by molar-refractivity contribution is -0.127. The molecule has 8 nitrogen and oxygen atoms in total. The molecule has 0 aliphatic heterocycles. The van der Waals surface area contributed by atoms with Crippen LogP contribution in [0.15, 0.2) is 40.2 Å². The first-order valence-corrected chi connectivity index (χ1v) is 10.5. The van der Waals surface area contributed by atoms with Crippen molar-refractivity contribution in [3.63, 3.8) is 0 Å². The lowest BCUT2D eigenvalue weighted by Gasteiger charge is -2.20. The summed E-state index contributed by atoms with van der Waals surface area (Å²) in [5, 5.41) is 9.01. The van der Waals surface area contributed by atoms with Gasteiger partial charge in [-0.1, -0.05) is 18.2 Å². The van der Waals surface area contributed by atoms with Gasteiger partial charge in [0, 0.05) is 44.4 Å². The molecule has 0 aliphatic rings. The molecule has 0 heterocycles. The van der Waals surface area contributed by atoms with Crippen molar-refractivity contribution in [1.82, 2.24) is 20.9 Å². The van der Waals surface area contributed by atoms with Crippen LogP contribution in [-0.2, 0) is 9.53 Å². The summed E-state index contributed by atoms with van der Waals surface area (Å²) in [5.41, 5.74) is -0.533. The number of guanidine groups is 1. The van der Waals surface area contributed by atoms with Gasteiger partial charge in [-0.15, -0.1) is 35.7 Å². The zero-order chi connectivity index (χ0) is 21.7. The van der Waals surface area contributed by atoms with Crippen LogP contribution >= 0.6 is 35.7 Å². The highest BCUT2D eigenvalue weighted by Crippen LogP contribution is 2.15. The number of nitrogens with one attached hydrogen (secondary N) is 3. The molecule has 0 unspecified atom stereocenters. The third-order valence-corrected chi connectivity index (χ3v) is 4.38. The lowest BCUT2D eigenvalue weighted by atomic mass is 10.2. The van der Waals surface area contributed by atoms with Gasteiger partial charge in [0.25, 0.3) is 0 Å². The highest BCUT2D eigenvalue weighted by Gasteiger charge is 2.15. The zero-order valence-electron chi connectivity index (χ0n) is 18.4. The van der Waals surface area contributed by atoms with E-state index in [2.05, 4.69) is 33.1 Å². The third kappa shape index (κ3) is 14.3. The average Bonchev–Trinajstić information content (AvgIpc) is 2.64. The zero-order valence-corrected chi connectivity index (χ0v) is 21.5. The molecule has 0 saturated heterocycles. The Morgan fingerprint density at radius 2 is 1.63 bits per heavy atom. The molecule has 0 fully saturated rings. The van der Waals surface area contributed by atoms with Crippen LogP contribution < -0.4 is 16.0 Å². The minimum absolute atomic E-state index is 0. The minimum Gasteiger partial charge on any atom is -0.444 e. The van der Waals surface area contributed by atoms with Crippen molar-refractivity contribution in [2.24, 2.45) is 4.99 Å². The molecule has 0 radical (unpaired) electrons. The second kappa shape index (κ2) is 15.2. The first kappa shape index (κ1) is 28.3. The summed E-state index contributed by atoms with van der Waals surface area (Å²) in [4.78, 5) is 30.5. The van der Waals surface area contributed by atoms with E-state index in [1.807, 2.05) is 39.0 Å². The number of carbonyl (C=O) groups excluding carboxylic acids is 2. The molecule has 0 saturated carbocycles. The van der Waals surface area contributed by atoms with Crippen molar-refractivity contribution >= 4 is 53.7 Å². The Kier molecular flexibility index (Phi) is 14.3. The third-order valence-electron chi connectivity index (χ3n) is 3.36. The van der Waals surface area contributed by atoms with Gasteiger partial charge in [0.1, 0.15) is 12.1 Å². The number of hydrogen-bond donors (Lipinski definition) is 3. The Balaban J connectivity index is 0.00000841. The monoisotopic (exact) mass is 551 g/mol. The Morgan fingerprint density at radius 1 is 1.03 bits per heavy atom. The second-order valence-electron chi connectivity index (χ2n) is 7.40. The summed E-state index contributed by atoms with van der Waals surface area (Å²) < 4.78 is 5.19. The Labute approximate surface area is 201 Å². The van der Waals surface area contributed by atoms with E-state index < -0.39 is 11.7 Å². The molecule has 0 aliphatic carbocycles. The standard InChI is InChI=1S/C20H33N5O3S.HI/c1-20(2,3)28-19(27)23-12-11-21-18(24-15-17(26)25(4)5)22-13-14-29-16-9-7-6-8-10-16;/h6-10H,11-15H2,1-5H3,(H,23,27)(H2,21,22,24);1H. The Bertz CT molecular complexity index is 666. The molecule has 1 aromatic rings. The number of amides is 2. The number of aliphatic imine (C=N–C) groups is 1. The second-order valence-corrected chi connectivity index (χ2v) is 8.57. The molecule has 0 aromatic heterocycles. The van der Waals surface area contributed by atoms with E-state index in [1.54, 1.807) is 25.9 Å². The molecule has 0 atom stereocenters. The molecule has 1 rings (SSSR count). The molecule has 30 heavy (non-hydrogen) atoms. The number of benzene rings is 1. The SMILES string of the molecule is CN(C)C(=O)CN=C(NCCNC(=O)OC(C)(C)C)NCCSc1ccccc1.I. The predicted octanol–water partition coefficient (Wildman–Crippen LogP) is 2.54. The molecule has 3 N–H and O–H groups in total. The van der Waals surface area contributed by atoms with Crippen molar-refractivity contribution in [2.75, 3.05) is 46.0 Å². The summed E-state index contributed by atoms with van der Waals surface area (Å²) in [7, 11) is 3.39. The number of hydrogen-bond acceptors (Lipinski definition) is 5. The highest BCUT2D eigenvalue weighted by atomic mass is 127. The maximum Gasteiger partial charge on any atom is 0.407 e. The molecule has 2 amide bonds. The first-order valence-electron chi connectivity index (χ1n) is 9.54. The van der Waals surface area contributed by atoms with Crippen LogP contribution in [0.5, 0.6) is 0 Å². The number of carbonyl (C=O) groups is 2. The maximum absolute atomic E-state index is 11.8. The van der Waals surface area contributed by atoms with Crippen LogP contribution in [0.3, 0.4) is 0 Å². The van der Waals surface area contributed by atoms with Gasteiger partial charge in [0.2, 0.25) is 5.91 Å². The van der Waals surface area contributed by atoms with Crippen molar-refractivity contribution in [3.8, 4) is 0 Å². The van der Waals surface area contributed by atoms with Gasteiger partial charge in [0.15, 0.2) is 5.96 Å². The predicted molar refractivity (Wildman–Crippen MR) is 134 cm³/mol. The summed E-state index contributed by atoms with van der Waals surface area (Å²) in [6.07, 6.45) is -0.465. The molecule has 10 heteroatoms. The highest BCUT2D eigenvalue weighted by molar-refractivity contribution is 14.0. The van der Waals surface area contributed by atoms with Gasteiger partial charge in [-0.2, -0.15) is 0 Å². The summed E-state index contributed by atoms with van der Waals surface area (Å²) >= 11 is 1.74. The molecular formula is C20H34IN5O3S. The van der Waals surface area contributed by atoms with Gasteiger partial charge in [-0.25, -0.2) is 9.79 Å². The topological polar surface area (TPSA) is 95.1 Å². The molecular weight excluding hydrogens is 517 g/mol. The lowest BCUT2D eigenvalue weighted by Crippen LogP contribution is -2.43. The largest absolute Gasteiger partial charge is 0.444 e. The number of ether oxygens (including phenoxy) is 1. The molecule has 0 spiro atoms. The van der Waals surface area contributed by atoms with Gasteiger partial charge < -0.3 is 25.6 Å². The van der Waals surface area contributed by atoms with Gasteiger partial charge >= 0.3 is 6.09 Å². The number of halogens is 1. The van der Waals surface area contributed by atoms with Crippen molar-refractivity contribution in [3.05, 3.63) is 30.3 Å². The Hall–Kier alpha value is -1.69. The molecule has 170 valence electrons. The van der Waals surface area contributed by atoms with Gasteiger partial charge in [0.05, 0.1) is 0 Å². The van der Waals surface area contributed by atoms with Crippen LogP contribution in [0.2, 0.25) is 0 Å². The van der Waals surface area contributed by atoms with Crippen molar-refractivity contribution in [2.45, 2.75) is 31.3 Å². The van der Waals surface area contributed by atoms with E-state index in [1.165, 1.54) is 9.80 Å². The van der Waals surface area contributed by atoms with Crippen molar-refractivity contribution in [1.29, 1.82) is 0 Å². The number of alkyl carbamates (subject to hydrolysis) is 1. The van der Waals surface area contributed by atoms with Crippen LogP contribution in [0, 0.1) is 0 Å². The fraction of sp³-hybridized carbons (Fsp3) is 0.550. The smallest absolute Gasteiger partial charge is 0.407 e. The fourth-order valence-electron chi connectivity index (χ4n) is 1.98. The number of likely N-dealkylation sites (N-methyl/N-ethyl adjacent to an activating group) is 1. The van der Waals surface area contributed by atoms with E-state index in [-0.39, 0.29) is 36.4 Å². The summed E-state index contributed by atoms with van der Waals surface area (Å²) in [5.74, 6) is 1.29. The molecule has 1 aromatic carbocycles. The van der Waals surface area contributed by atoms with E-state index in [4.69, 9.17) is 4.74 Å². The van der Waals surface area contributed by atoms with Crippen LogP contribution in [0.4, 0.5) is 4.79 Å². The van der Waals surface area contributed by atoms with Crippen molar-refractivity contribution < 1.29 is 14.3 Å². The van der Waals surface area contributed by atoms with E-state index in [9.17, 15) is 9.59 Å². The maximum atomic E-state index is 11.8. The van der Waals surface area contributed by atoms with Crippen LogP contribution in [0.1, 0.15) is 20.8 Å². The molecule has 0 bridgehead atoms. The summed E-state index contributed by atoms with van der Waals surface area (Å²) in [6.45, 7) is 7.00. The number of thioether (sulfide) groups is 1. The minimum atomic E-state index is -0.533. The van der Waals surface area contributed by atoms with Crippen LogP contribution in [0.25, 0.3) is 0 Å². The summed E-state index contributed by atoms with van der Waals surface area (Å²) in [6, 6.07) is 10.1. The Morgan fingerprint density at radius 3 is 2.23 bits per heavy atom. The van der Waals surface area contributed by atoms with E-state index in [0.717, 1.165) is 5.75 Å². The van der Waals surface area contributed by atoms with Gasteiger partial charge in [-0.3, -0.25) is 4.79 Å². The first-order chi connectivity index (χ1) is 13.7. The van der Waals surface area contributed by atoms with Gasteiger partial charge in [-0.05, 0) is 32.9 Å². The van der Waals surface area contributed by atoms with E-state index >= 15 is 0 Å². The quantitative estimate of drug-likeness (QED) is 0.144. The van der Waals surface area contributed by atoms with E-state index in [0.29, 0.717) is 25.6 Å². The van der Waals surface area contributed by atoms with Crippen LogP contribution in [-0.4, -0.2) is 74.5 Å². The fourth-order valence-corrected chi connectivity index (χ4v) is 2.77.